The van der Waals surface area contributed by atoms with E-state index in [1.165, 1.54) is 7.11 Å². The van der Waals surface area contributed by atoms with Crippen LogP contribution in [0, 0.1) is 0 Å². The molecule has 0 spiro atoms. The maximum absolute atomic E-state index is 10.7. The highest BCUT2D eigenvalue weighted by Crippen LogP contribution is 2.03. The summed E-state index contributed by atoms with van der Waals surface area (Å²) in [4.78, 5) is 10.7. The summed E-state index contributed by atoms with van der Waals surface area (Å²) in [6, 6.07) is 9.51. The summed E-state index contributed by atoms with van der Waals surface area (Å²) in [5.41, 5.74) is 0.919. The number of rotatable bonds is 3. The van der Waals surface area contributed by atoms with E-state index in [0.717, 1.165) is 5.69 Å². The molecule has 1 rings (SSSR count). The van der Waals surface area contributed by atoms with Gasteiger partial charge in [0.05, 0.1) is 13.4 Å². The summed E-state index contributed by atoms with van der Waals surface area (Å²) in [5, 5.41) is 2.92. The van der Waals surface area contributed by atoms with Gasteiger partial charge in [-0.25, -0.2) is 0 Å². The van der Waals surface area contributed by atoms with Crippen molar-refractivity contribution in [3.8, 4) is 0 Å². The summed E-state index contributed by atoms with van der Waals surface area (Å²) in [5.74, 6) is -0.265. The van der Waals surface area contributed by atoms with Crippen LogP contribution in [0.2, 0.25) is 0 Å². The molecule has 0 heterocycles. The van der Waals surface area contributed by atoms with Crippen molar-refractivity contribution in [2.75, 3.05) is 25.2 Å². The Morgan fingerprint density at radius 2 is 1.82 bits per heavy atom. The number of hydrogen-bond donors (Lipinski definition) is 2. The molecule has 0 atom stereocenters. The van der Waals surface area contributed by atoms with Gasteiger partial charge < -0.3 is 10.1 Å². The molecule has 0 bridgehead atoms. The van der Waals surface area contributed by atoms with Crippen LogP contribution in [0.1, 0.15) is 0 Å². The van der Waals surface area contributed by atoms with Crippen LogP contribution in [-0.2, 0) is 19.6 Å². The van der Waals surface area contributed by atoms with Crippen molar-refractivity contribution in [1.29, 1.82) is 0 Å². The van der Waals surface area contributed by atoms with Crippen molar-refractivity contribution in [2.45, 2.75) is 0 Å². The molecule has 1 aromatic rings. The number of methoxy groups -OCH3 is 1. The van der Waals surface area contributed by atoms with E-state index in [1.54, 1.807) is 0 Å². The molecule has 0 unspecified atom stereocenters. The molecule has 7 heteroatoms. The zero-order valence-corrected chi connectivity index (χ0v) is 10.4. The molecule has 0 fully saturated rings. The van der Waals surface area contributed by atoms with Gasteiger partial charge in [0.1, 0.15) is 6.54 Å². The molecule has 0 saturated heterocycles. The number of carbonyl (C=O) groups excluding carboxylic acids is 1. The quantitative estimate of drug-likeness (QED) is 0.617. The lowest BCUT2D eigenvalue weighted by Crippen LogP contribution is -2.14. The highest BCUT2D eigenvalue weighted by atomic mass is 32.2. The van der Waals surface area contributed by atoms with E-state index in [9.17, 15) is 13.2 Å². The standard InChI is InChI=1S/C9H11NO2.CH4O3S/c1-12-9(11)7-10-8-5-3-2-4-6-8;1-5(2,3)4/h2-6,10H,7H2,1H3;1H3,(H,2,3,4). The van der Waals surface area contributed by atoms with Crippen molar-refractivity contribution in [3.05, 3.63) is 30.3 Å². The maximum atomic E-state index is 10.7. The van der Waals surface area contributed by atoms with Crippen molar-refractivity contribution in [3.63, 3.8) is 0 Å². The van der Waals surface area contributed by atoms with E-state index < -0.39 is 10.1 Å². The molecule has 17 heavy (non-hydrogen) atoms. The van der Waals surface area contributed by atoms with Crippen LogP contribution in [0.5, 0.6) is 0 Å². The van der Waals surface area contributed by atoms with Gasteiger partial charge in [-0.1, -0.05) is 18.2 Å². The fraction of sp³-hybridized carbons (Fsp3) is 0.300. The average Bonchev–Trinajstić information content (AvgIpc) is 2.25. The van der Waals surface area contributed by atoms with Gasteiger partial charge in [-0.3, -0.25) is 9.35 Å². The van der Waals surface area contributed by atoms with Gasteiger partial charge in [0.15, 0.2) is 0 Å². The smallest absolute Gasteiger partial charge is 0.325 e. The van der Waals surface area contributed by atoms with Crippen LogP contribution in [0.3, 0.4) is 0 Å². The van der Waals surface area contributed by atoms with E-state index in [2.05, 4.69) is 10.1 Å². The van der Waals surface area contributed by atoms with E-state index in [4.69, 9.17) is 4.55 Å². The normalized spacial score (nSPS) is 9.82. The monoisotopic (exact) mass is 261 g/mol. The Hall–Kier alpha value is -1.60. The largest absolute Gasteiger partial charge is 0.468 e. The first-order valence-electron chi connectivity index (χ1n) is 4.61. The summed E-state index contributed by atoms with van der Waals surface area (Å²) in [7, 11) is -2.30. The minimum atomic E-state index is -3.67. The number of para-hydroxylation sites is 1. The molecule has 0 radical (unpaired) electrons. The van der Waals surface area contributed by atoms with Crippen LogP contribution in [-0.4, -0.2) is 38.9 Å². The number of nitrogens with one attached hydrogen (secondary N) is 1. The average molecular weight is 261 g/mol. The van der Waals surface area contributed by atoms with Gasteiger partial charge in [-0.15, -0.1) is 0 Å². The number of ether oxygens (including phenoxy) is 1. The Kier molecular flexibility index (Phi) is 6.92. The fourth-order valence-electron chi connectivity index (χ4n) is 0.802. The number of esters is 1. The first-order chi connectivity index (χ1) is 7.83. The van der Waals surface area contributed by atoms with E-state index in [1.807, 2.05) is 30.3 Å². The SMILES string of the molecule is COC(=O)CNc1ccccc1.CS(=O)(=O)O. The van der Waals surface area contributed by atoms with Crippen LogP contribution in [0.25, 0.3) is 0 Å². The molecule has 2 N–H and O–H groups in total. The summed E-state index contributed by atoms with van der Waals surface area (Å²) in [6.45, 7) is 0.209. The molecule has 0 aliphatic rings. The summed E-state index contributed by atoms with van der Waals surface area (Å²) in [6.07, 6.45) is 0.715. The molecule has 6 nitrogen and oxygen atoms in total. The van der Waals surface area contributed by atoms with Gasteiger partial charge in [0.2, 0.25) is 0 Å². The zero-order chi connectivity index (χ0) is 13.3. The van der Waals surface area contributed by atoms with E-state index >= 15 is 0 Å². The third kappa shape index (κ3) is 12.3. The second-order valence-corrected chi connectivity index (χ2v) is 4.49. The maximum Gasteiger partial charge on any atom is 0.325 e. The zero-order valence-electron chi connectivity index (χ0n) is 9.58. The number of anilines is 1. The molecule has 0 amide bonds. The van der Waals surface area contributed by atoms with Crippen LogP contribution in [0.15, 0.2) is 30.3 Å². The van der Waals surface area contributed by atoms with Gasteiger partial charge in [0.25, 0.3) is 10.1 Å². The number of hydrogen-bond acceptors (Lipinski definition) is 5. The van der Waals surface area contributed by atoms with E-state index in [0.29, 0.717) is 6.26 Å². The van der Waals surface area contributed by atoms with Gasteiger partial charge >= 0.3 is 5.97 Å². The second kappa shape index (κ2) is 7.64. The summed E-state index contributed by atoms with van der Waals surface area (Å²) >= 11 is 0. The predicted octanol–water partition coefficient (Wildman–Crippen LogP) is 0.776. The topological polar surface area (TPSA) is 92.7 Å². The van der Waals surface area contributed by atoms with Crippen LogP contribution in [0.4, 0.5) is 5.69 Å². The lowest BCUT2D eigenvalue weighted by Gasteiger charge is -2.03. The van der Waals surface area contributed by atoms with E-state index in [-0.39, 0.29) is 12.5 Å². The van der Waals surface area contributed by atoms with Gasteiger partial charge in [0, 0.05) is 5.69 Å². The van der Waals surface area contributed by atoms with Crippen LogP contribution < -0.4 is 5.32 Å². The molecular formula is C10H15NO5S. The Morgan fingerprint density at radius 3 is 2.24 bits per heavy atom. The predicted molar refractivity (Wildman–Crippen MR) is 64.4 cm³/mol. The molecule has 96 valence electrons. The Balaban J connectivity index is 0.000000437. The molecular weight excluding hydrogens is 246 g/mol. The lowest BCUT2D eigenvalue weighted by atomic mass is 10.3. The van der Waals surface area contributed by atoms with Crippen molar-refractivity contribution >= 4 is 21.8 Å². The van der Waals surface area contributed by atoms with Gasteiger partial charge in [-0.2, -0.15) is 8.42 Å². The first kappa shape index (κ1) is 15.4. The minimum absolute atomic E-state index is 0.209. The first-order valence-corrected chi connectivity index (χ1v) is 6.46. The molecule has 0 aliphatic heterocycles. The third-order valence-electron chi connectivity index (χ3n) is 1.44. The highest BCUT2D eigenvalue weighted by Gasteiger charge is 1.97. The molecule has 0 aliphatic carbocycles. The lowest BCUT2D eigenvalue weighted by molar-refractivity contribution is -0.138. The third-order valence-corrected chi connectivity index (χ3v) is 1.44. The van der Waals surface area contributed by atoms with Crippen LogP contribution >= 0.6 is 0 Å². The van der Waals surface area contributed by atoms with Crippen molar-refractivity contribution in [1.82, 2.24) is 0 Å². The Bertz CT molecular complexity index is 421. The molecule has 0 saturated carbocycles. The number of carbonyl (C=O) groups is 1. The Labute approximate surface area is 100 Å². The number of benzene rings is 1. The minimum Gasteiger partial charge on any atom is -0.468 e. The second-order valence-electron chi connectivity index (χ2n) is 3.03. The summed E-state index contributed by atoms with van der Waals surface area (Å²) < 4.78 is 30.3. The van der Waals surface area contributed by atoms with Crippen molar-refractivity contribution < 1.29 is 22.5 Å². The molecule has 0 aromatic heterocycles. The van der Waals surface area contributed by atoms with Gasteiger partial charge in [-0.05, 0) is 12.1 Å². The van der Waals surface area contributed by atoms with Crippen molar-refractivity contribution in [2.24, 2.45) is 0 Å². The molecule has 1 aromatic carbocycles. The Morgan fingerprint density at radius 1 is 1.35 bits per heavy atom. The fourth-order valence-corrected chi connectivity index (χ4v) is 0.802. The highest BCUT2D eigenvalue weighted by molar-refractivity contribution is 7.85.